The second-order valence-corrected chi connectivity index (χ2v) is 0. The van der Waals surface area contributed by atoms with Gasteiger partial charge in [-0.2, -0.15) is 0 Å². The van der Waals surface area contributed by atoms with Crippen LogP contribution in [-0.4, -0.2) is 0 Å². The zero-order valence-corrected chi connectivity index (χ0v) is 16.5. The van der Waals surface area contributed by atoms with Crippen LogP contribution in [0.5, 0.6) is 0 Å². The molecule has 0 atom stereocenters. The Labute approximate surface area is 158 Å². The average Bonchev–Trinajstić information content (AvgIpc) is 0. The van der Waals surface area contributed by atoms with Crippen LogP contribution in [0.15, 0.2) is 0 Å². The molecule has 0 saturated heterocycles. The van der Waals surface area contributed by atoms with Crippen molar-refractivity contribution in [2.24, 2.45) is 0 Å². The van der Waals surface area contributed by atoms with E-state index in [1.54, 1.807) is 0 Å². The monoisotopic (exact) mass is 551 g/mol. The first-order valence-corrected chi connectivity index (χ1v) is 0. The van der Waals surface area contributed by atoms with Crippen LogP contribution in [0.3, 0.4) is 0 Å². The maximum atomic E-state index is 0. The van der Waals surface area contributed by atoms with E-state index in [1.807, 2.05) is 0 Å². The normalized spacial score (nSPS) is 0. The largest absolute Gasteiger partial charge is 4.00 e. The molecule has 0 spiro atoms. The average molecular weight is 557 g/mol. The Morgan fingerprint density at radius 1 is 0.300 bits per heavy atom. The summed E-state index contributed by atoms with van der Waals surface area (Å²) in [5, 5.41) is 0. The summed E-state index contributed by atoms with van der Waals surface area (Å²) >= 11 is 0. The summed E-state index contributed by atoms with van der Waals surface area (Å²) in [6, 6.07) is 0. The van der Waals surface area contributed by atoms with Gasteiger partial charge in [-0.05, 0) is 0 Å². The Morgan fingerprint density at radius 2 is 0.300 bits per heavy atom. The molecule has 0 unspecified atom stereocenters. The Hall–Kier alpha value is 4.51. The van der Waals surface area contributed by atoms with Gasteiger partial charge in [0, 0.05) is 0 Å². The molecule has 0 radical (unpaired) electrons. The molecule has 0 bridgehead atoms. The zero-order chi connectivity index (χ0) is 0. The Bertz CT molecular complexity index is 15.2. The van der Waals surface area contributed by atoms with Crippen molar-refractivity contribution in [2.45, 2.75) is 0 Å². The third-order valence-corrected chi connectivity index (χ3v) is 0. The fraction of sp³-hybridized carbons (Fsp3) is 0. The van der Waals surface area contributed by atoms with Crippen LogP contribution in [0.1, 0.15) is 0 Å². The molecule has 0 nitrogen and oxygen atoms in total. The molecule has 0 heterocycles. The van der Waals surface area contributed by atoms with Crippen molar-refractivity contribution in [3.05, 3.63) is 0 Å². The summed E-state index contributed by atoms with van der Waals surface area (Å²) in [4.78, 5) is 0. The van der Waals surface area contributed by atoms with Gasteiger partial charge < -0.3 is 118 Å². The van der Waals surface area contributed by atoms with E-state index in [2.05, 4.69) is 0 Å². The van der Waals surface area contributed by atoms with Gasteiger partial charge in [0.15, 0.2) is 0 Å². The van der Waals surface area contributed by atoms with Crippen LogP contribution in [0.2, 0.25) is 0 Å². The SMILES string of the molecule is [Br-].[Br-].[Br-].[Br-].[Cl-].[Cl-].[Cl-].[Cl-].[Ti+4].[Ti+4]. The second-order valence-electron chi connectivity index (χ2n) is 0. The van der Waals surface area contributed by atoms with Crippen LogP contribution < -0.4 is 118 Å². The molecule has 0 fully saturated rings. The summed E-state index contributed by atoms with van der Waals surface area (Å²) in [7, 11) is 0. The van der Waals surface area contributed by atoms with E-state index in [9.17, 15) is 0 Å². The van der Waals surface area contributed by atoms with Gasteiger partial charge >= 0.3 is 43.4 Å². The minimum atomic E-state index is 0. The van der Waals surface area contributed by atoms with Crippen molar-refractivity contribution in [1.29, 1.82) is 0 Å². The minimum Gasteiger partial charge on any atom is -1.00 e. The van der Waals surface area contributed by atoms with Gasteiger partial charge in [-0.15, -0.1) is 0 Å². The summed E-state index contributed by atoms with van der Waals surface area (Å²) in [6.45, 7) is 0. The predicted octanol–water partition coefficient (Wildman–Crippen LogP) is -24.0. The number of halogens is 8. The Morgan fingerprint density at radius 3 is 0.300 bits per heavy atom. The summed E-state index contributed by atoms with van der Waals surface area (Å²) in [6.07, 6.45) is 0. The molecule has 0 rings (SSSR count). The van der Waals surface area contributed by atoms with Crippen molar-refractivity contribution < 1.29 is 161 Å². The van der Waals surface area contributed by atoms with E-state index in [4.69, 9.17) is 0 Å². The fourth-order valence-corrected chi connectivity index (χ4v) is 0. The first-order valence-electron chi connectivity index (χ1n) is 0. The van der Waals surface area contributed by atoms with Gasteiger partial charge in [-0.1, -0.05) is 0 Å². The smallest absolute Gasteiger partial charge is 1.00 e. The first kappa shape index (κ1) is 130. The molecular formula is Br4Cl4Ti2. The van der Waals surface area contributed by atoms with Crippen LogP contribution in [0, 0.1) is 0 Å². The first-order chi connectivity index (χ1) is 0. The number of hydrogen-bond acceptors (Lipinski definition) is 0. The molecule has 0 aliphatic rings. The number of hydrogen-bond donors (Lipinski definition) is 0. The summed E-state index contributed by atoms with van der Waals surface area (Å²) < 4.78 is 0. The molecule has 0 aromatic rings. The van der Waals surface area contributed by atoms with Gasteiger partial charge in [0.05, 0.1) is 0 Å². The topological polar surface area (TPSA) is 0 Å². The van der Waals surface area contributed by atoms with E-state index < -0.39 is 0 Å². The third kappa shape index (κ3) is 81.5. The van der Waals surface area contributed by atoms with Gasteiger partial charge in [0.25, 0.3) is 0 Å². The van der Waals surface area contributed by atoms with Crippen LogP contribution >= 0.6 is 0 Å². The van der Waals surface area contributed by atoms with Crippen molar-refractivity contribution in [2.75, 3.05) is 0 Å². The van der Waals surface area contributed by atoms with Gasteiger partial charge in [-0.25, -0.2) is 0 Å². The van der Waals surface area contributed by atoms with E-state index >= 15 is 0 Å². The molecule has 10 heavy (non-hydrogen) atoms. The molecule has 0 saturated carbocycles. The molecule has 0 aromatic carbocycles. The van der Waals surface area contributed by atoms with Crippen LogP contribution in [0.4, 0.5) is 0 Å². The molecule has 64 valence electrons. The molecule has 0 aliphatic carbocycles. The van der Waals surface area contributed by atoms with Crippen molar-refractivity contribution in [1.82, 2.24) is 0 Å². The standard InChI is InChI=1S/4BrH.4ClH.2Ti/h8*1H;;/q;;;;;;;;2*+4/p-8. The molecule has 0 aromatic heterocycles. The molecule has 0 aliphatic heterocycles. The molecule has 10 heteroatoms. The van der Waals surface area contributed by atoms with Gasteiger partial charge in [-0.3, -0.25) is 0 Å². The van der Waals surface area contributed by atoms with Gasteiger partial charge in [0.2, 0.25) is 0 Å². The minimum absolute atomic E-state index is 0. The zero-order valence-electron chi connectivity index (χ0n) is 4.02. The van der Waals surface area contributed by atoms with Crippen LogP contribution in [0.25, 0.3) is 0 Å². The Kier molecular flexibility index (Phi) is 1350. The Balaban J connectivity index is 0. The van der Waals surface area contributed by atoms with Crippen molar-refractivity contribution in [3.8, 4) is 0 Å². The fourth-order valence-electron chi connectivity index (χ4n) is 0. The molecule has 0 amide bonds. The van der Waals surface area contributed by atoms with E-state index in [0.717, 1.165) is 0 Å². The van der Waals surface area contributed by atoms with Gasteiger partial charge in [0.1, 0.15) is 0 Å². The number of rotatable bonds is 0. The predicted molar refractivity (Wildman–Crippen MR) is 0 cm³/mol. The van der Waals surface area contributed by atoms with E-state index in [-0.39, 0.29) is 161 Å². The quantitative estimate of drug-likeness (QED) is 0.260. The second kappa shape index (κ2) is 104. The van der Waals surface area contributed by atoms with Crippen molar-refractivity contribution in [3.63, 3.8) is 0 Å². The van der Waals surface area contributed by atoms with Crippen LogP contribution in [-0.2, 0) is 43.4 Å². The summed E-state index contributed by atoms with van der Waals surface area (Å²) in [5.74, 6) is 0. The van der Waals surface area contributed by atoms with E-state index in [0.29, 0.717) is 0 Å². The maximum Gasteiger partial charge on any atom is 4.00 e. The summed E-state index contributed by atoms with van der Waals surface area (Å²) in [5.41, 5.74) is 0. The molecule has 0 N–H and O–H groups in total. The van der Waals surface area contributed by atoms with Crippen molar-refractivity contribution >= 4 is 0 Å². The van der Waals surface area contributed by atoms with E-state index in [1.165, 1.54) is 0 Å². The maximum absolute atomic E-state index is 0. The third-order valence-electron chi connectivity index (χ3n) is 0. The molecular weight excluding hydrogens is 557 g/mol.